The van der Waals surface area contributed by atoms with Gasteiger partial charge in [-0.3, -0.25) is 4.99 Å². The third-order valence-corrected chi connectivity index (χ3v) is 6.10. The number of carbonyl (C=O) groups excluding carboxylic acids is 1. The van der Waals surface area contributed by atoms with Gasteiger partial charge in [-0.1, -0.05) is 36.5 Å². The highest BCUT2D eigenvalue weighted by Crippen LogP contribution is 2.39. The second-order valence-electron chi connectivity index (χ2n) is 8.47. The highest BCUT2D eigenvalue weighted by Gasteiger charge is 2.28. The summed E-state index contributed by atoms with van der Waals surface area (Å²) in [6, 6.07) is 12.1. The second kappa shape index (κ2) is 9.58. The standard InChI is InChI=1S/C25H26FN3O2S/c1-15(32-23(28-5)16-9-11-21(26)17(13-16)14-27)18-7-6-8-20-19(18)10-12-22(20)29-24(30)31-25(2,3)4/h6-9,11,13,22H,1,10,12H2,2-5H3,(H,29,30)/t22-/m0/s1. The Hall–Kier alpha value is -3.11. The maximum Gasteiger partial charge on any atom is 0.408 e. The molecule has 166 valence electrons. The summed E-state index contributed by atoms with van der Waals surface area (Å²) in [5, 5.41) is 12.7. The molecule has 32 heavy (non-hydrogen) atoms. The van der Waals surface area contributed by atoms with Gasteiger partial charge in [0.1, 0.15) is 22.5 Å². The molecule has 5 nitrogen and oxygen atoms in total. The first-order valence-electron chi connectivity index (χ1n) is 10.3. The molecule has 2 aromatic rings. The van der Waals surface area contributed by atoms with Crippen molar-refractivity contribution in [2.45, 2.75) is 45.3 Å². The van der Waals surface area contributed by atoms with Crippen LogP contribution in [0.25, 0.3) is 4.91 Å². The van der Waals surface area contributed by atoms with Gasteiger partial charge in [0.2, 0.25) is 0 Å². The lowest BCUT2D eigenvalue weighted by molar-refractivity contribution is 0.0503. The molecule has 0 saturated heterocycles. The highest BCUT2D eigenvalue weighted by molar-refractivity contribution is 8.22. The molecule has 1 aliphatic rings. The molecule has 0 aliphatic heterocycles. The molecule has 1 atom stereocenters. The molecule has 3 rings (SSSR count). The number of thioether (sulfide) groups is 1. The molecule has 7 heteroatoms. The Morgan fingerprint density at radius 2 is 2.09 bits per heavy atom. The molecule has 0 unspecified atom stereocenters. The number of aliphatic imine (C=N–C) groups is 1. The number of fused-ring (bicyclic) bond motifs is 1. The molecule has 1 N–H and O–H groups in total. The number of hydrogen-bond donors (Lipinski definition) is 1. The SMILES string of the molecule is C=C(SC(=NC)c1ccc(F)c(C#N)c1)c1cccc2c1CC[C@@H]2NC(=O)OC(C)(C)C. The largest absolute Gasteiger partial charge is 0.444 e. The van der Waals surface area contributed by atoms with Gasteiger partial charge in [0.25, 0.3) is 0 Å². The van der Waals surface area contributed by atoms with Crippen LogP contribution < -0.4 is 5.32 Å². The van der Waals surface area contributed by atoms with Gasteiger partial charge in [0.05, 0.1) is 11.6 Å². The Morgan fingerprint density at radius 1 is 1.34 bits per heavy atom. The van der Waals surface area contributed by atoms with Gasteiger partial charge >= 0.3 is 6.09 Å². The second-order valence-corrected chi connectivity index (χ2v) is 9.55. The lowest BCUT2D eigenvalue weighted by atomic mass is 10.0. The van der Waals surface area contributed by atoms with Crippen LogP contribution in [0, 0.1) is 17.1 Å². The monoisotopic (exact) mass is 451 g/mol. The molecular weight excluding hydrogens is 425 g/mol. The fraction of sp³-hybridized carbons (Fsp3) is 0.320. The smallest absolute Gasteiger partial charge is 0.408 e. The van der Waals surface area contributed by atoms with Crippen LogP contribution in [0.4, 0.5) is 9.18 Å². The minimum atomic E-state index is -0.556. The van der Waals surface area contributed by atoms with E-state index in [2.05, 4.69) is 16.9 Å². The summed E-state index contributed by atoms with van der Waals surface area (Å²) >= 11 is 1.38. The Balaban J connectivity index is 1.80. The molecule has 0 fully saturated rings. The van der Waals surface area contributed by atoms with E-state index in [-0.39, 0.29) is 11.6 Å². The van der Waals surface area contributed by atoms with E-state index in [1.807, 2.05) is 45.0 Å². The van der Waals surface area contributed by atoms with Crippen LogP contribution >= 0.6 is 11.8 Å². The molecule has 0 heterocycles. The minimum Gasteiger partial charge on any atom is -0.444 e. The molecule has 0 radical (unpaired) electrons. The summed E-state index contributed by atoms with van der Waals surface area (Å²) in [6.07, 6.45) is 1.15. The van der Waals surface area contributed by atoms with Gasteiger partial charge in [-0.2, -0.15) is 5.26 Å². The molecule has 0 aromatic heterocycles. The number of nitrogens with one attached hydrogen (secondary N) is 1. The van der Waals surface area contributed by atoms with E-state index in [0.717, 1.165) is 34.4 Å². The fourth-order valence-electron chi connectivity index (χ4n) is 3.66. The van der Waals surface area contributed by atoms with Crippen LogP contribution in [0.15, 0.2) is 48.0 Å². The predicted molar refractivity (Wildman–Crippen MR) is 127 cm³/mol. The third-order valence-electron chi connectivity index (χ3n) is 5.02. The molecular formula is C25H26FN3O2S. The van der Waals surface area contributed by atoms with Crippen molar-refractivity contribution in [2.24, 2.45) is 4.99 Å². The topological polar surface area (TPSA) is 74.5 Å². The van der Waals surface area contributed by atoms with Crippen LogP contribution in [0.5, 0.6) is 0 Å². The normalized spacial score (nSPS) is 15.6. The number of alkyl carbamates (subject to hydrolysis) is 1. The average Bonchev–Trinajstić information content (AvgIpc) is 3.13. The lowest BCUT2D eigenvalue weighted by Gasteiger charge is -2.22. The van der Waals surface area contributed by atoms with E-state index in [0.29, 0.717) is 10.6 Å². The zero-order chi connectivity index (χ0) is 23.5. The summed E-state index contributed by atoms with van der Waals surface area (Å²) in [6.45, 7) is 9.75. The maximum absolute atomic E-state index is 13.7. The van der Waals surface area contributed by atoms with E-state index in [1.165, 1.54) is 23.9 Å². The molecule has 0 saturated carbocycles. The zero-order valence-electron chi connectivity index (χ0n) is 18.7. The Kier molecular flexibility index (Phi) is 7.05. The van der Waals surface area contributed by atoms with Gasteiger partial charge in [-0.15, -0.1) is 0 Å². The first kappa shape index (κ1) is 23.6. The van der Waals surface area contributed by atoms with Gasteiger partial charge in [-0.05, 0) is 68.5 Å². The van der Waals surface area contributed by atoms with Crippen LogP contribution in [-0.2, 0) is 11.2 Å². The number of nitrogens with zero attached hydrogens (tertiary/aromatic N) is 2. The number of rotatable bonds is 4. The number of hydrogen-bond acceptors (Lipinski definition) is 5. The van der Waals surface area contributed by atoms with Crippen molar-refractivity contribution in [3.8, 4) is 6.07 Å². The molecule has 1 amide bonds. The highest BCUT2D eigenvalue weighted by atomic mass is 32.2. The number of nitriles is 1. The maximum atomic E-state index is 13.7. The average molecular weight is 452 g/mol. The predicted octanol–water partition coefficient (Wildman–Crippen LogP) is 5.99. The summed E-state index contributed by atoms with van der Waals surface area (Å²) in [5.41, 5.74) is 3.27. The molecule has 0 bridgehead atoms. The van der Waals surface area contributed by atoms with Crippen LogP contribution in [-0.4, -0.2) is 23.8 Å². The third kappa shape index (κ3) is 5.38. The van der Waals surface area contributed by atoms with Gasteiger partial charge < -0.3 is 10.1 Å². The van der Waals surface area contributed by atoms with Gasteiger partial charge in [-0.25, -0.2) is 9.18 Å². The number of benzene rings is 2. The summed E-state index contributed by atoms with van der Waals surface area (Å²) in [7, 11) is 1.65. The van der Waals surface area contributed by atoms with E-state index in [4.69, 9.17) is 10.00 Å². The number of ether oxygens (including phenoxy) is 1. The molecule has 0 spiro atoms. The van der Waals surface area contributed by atoms with E-state index < -0.39 is 17.5 Å². The van der Waals surface area contributed by atoms with Gasteiger partial charge in [0, 0.05) is 17.5 Å². The summed E-state index contributed by atoms with van der Waals surface area (Å²) < 4.78 is 19.1. The Labute approximate surface area is 192 Å². The minimum absolute atomic E-state index is 0.0217. The first-order valence-corrected chi connectivity index (χ1v) is 11.1. The van der Waals surface area contributed by atoms with Crippen LogP contribution in [0.3, 0.4) is 0 Å². The lowest BCUT2D eigenvalue weighted by Crippen LogP contribution is -2.34. The van der Waals surface area contributed by atoms with Crippen LogP contribution in [0.2, 0.25) is 0 Å². The first-order chi connectivity index (χ1) is 15.1. The van der Waals surface area contributed by atoms with Crippen molar-refractivity contribution < 1.29 is 13.9 Å². The van der Waals surface area contributed by atoms with Crippen molar-refractivity contribution in [3.63, 3.8) is 0 Å². The quantitative estimate of drug-likeness (QED) is 0.458. The number of amides is 1. The molecule has 2 aromatic carbocycles. The van der Waals surface area contributed by atoms with E-state index >= 15 is 0 Å². The summed E-state index contributed by atoms with van der Waals surface area (Å²) in [4.78, 5) is 17.4. The Morgan fingerprint density at radius 3 is 2.75 bits per heavy atom. The molecule has 1 aliphatic carbocycles. The fourth-order valence-corrected chi connectivity index (χ4v) is 4.54. The van der Waals surface area contributed by atoms with E-state index in [1.54, 1.807) is 13.1 Å². The van der Waals surface area contributed by atoms with Crippen LogP contribution in [0.1, 0.15) is 61.1 Å². The zero-order valence-corrected chi connectivity index (χ0v) is 19.5. The van der Waals surface area contributed by atoms with E-state index in [9.17, 15) is 9.18 Å². The van der Waals surface area contributed by atoms with Crippen molar-refractivity contribution in [1.82, 2.24) is 5.32 Å². The van der Waals surface area contributed by atoms with Crippen molar-refractivity contribution in [3.05, 3.63) is 76.6 Å². The van der Waals surface area contributed by atoms with Crippen molar-refractivity contribution in [1.29, 1.82) is 5.26 Å². The van der Waals surface area contributed by atoms with Crippen molar-refractivity contribution >= 4 is 27.8 Å². The Bertz CT molecular complexity index is 1130. The number of halogens is 1. The van der Waals surface area contributed by atoms with Gasteiger partial charge in [0.15, 0.2) is 0 Å². The summed E-state index contributed by atoms with van der Waals surface area (Å²) in [5.74, 6) is -0.556. The van der Waals surface area contributed by atoms with Crippen molar-refractivity contribution in [2.75, 3.05) is 7.05 Å². The number of carbonyl (C=O) groups is 1.